The number of carbonyl (C=O) groups excluding carboxylic acids is 1. The molecule has 0 spiro atoms. The third-order valence-electron chi connectivity index (χ3n) is 6.19. The van der Waals surface area contributed by atoms with Crippen molar-refractivity contribution in [3.05, 3.63) is 55.1 Å². The van der Waals surface area contributed by atoms with E-state index in [9.17, 15) is 13.2 Å². The Labute approximate surface area is 191 Å². The van der Waals surface area contributed by atoms with Crippen LogP contribution in [0.5, 0.6) is 5.75 Å². The van der Waals surface area contributed by atoms with E-state index in [0.717, 1.165) is 37.7 Å². The Bertz CT molecular complexity index is 917. The van der Waals surface area contributed by atoms with Crippen molar-refractivity contribution in [2.75, 3.05) is 26.0 Å². The molecule has 1 aliphatic carbocycles. The Morgan fingerprint density at radius 3 is 2.81 bits per heavy atom. The minimum absolute atomic E-state index is 0.0687. The van der Waals surface area contributed by atoms with Crippen molar-refractivity contribution in [1.29, 1.82) is 0 Å². The van der Waals surface area contributed by atoms with Gasteiger partial charge in [-0.05, 0) is 61.8 Å². The molecule has 1 saturated carbocycles. The number of piperidine rings is 1. The lowest BCUT2D eigenvalue weighted by Gasteiger charge is -2.41. The lowest BCUT2D eigenvalue weighted by Crippen LogP contribution is -2.58. The summed E-state index contributed by atoms with van der Waals surface area (Å²) < 4.78 is 38.3. The maximum atomic E-state index is 12.4. The lowest BCUT2D eigenvalue weighted by molar-refractivity contribution is -0.132. The second-order valence-electron chi connectivity index (χ2n) is 8.58. The van der Waals surface area contributed by atoms with Crippen LogP contribution in [0.25, 0.3) is 0 Å². The van der Waals surface area contributed by atoms with Gasteiger partial charge in [-0.15, -0.1) is 0 Å². The van der Waals surface area contributed by atoms with Gasteiger partial charge in [0.2, 0.25) is 15.9 Å². The molecule has 32 heavy (non-hydrogen) atoms. The molecule has 8 heteroatoms. The smallest absolute Gasteiger partial charge is 0.246 e. The van der Waals surface area contributed by atoms with E-state index in [1.54, 1.807) is 11.0 Å². The van der Waals surface area contributed by atoms with Gasteiger partial charge in [0.25, 0.3) is 0 Å². The Morgan fingerprint density at radius 2 is 2.09 bits per heavy atom. The van der Waals surface area contributed by atoms with Gasteiger partial charge in [0.1, 0.15) is 12.4 Å². The van der Waals surface area contributed by atoms with Gasteiger partial charge in [0.15, 0.2) is 0 Å². The molecular formula is C24H34N2O5S. The van der Waals surface area contributed by atoms with Crippen LogP contribution >= 0.6 is 0 Å². The average molecular weight is 463 g/mol. The minimum Gasteiger partial charge on any atom is -0.490 e. The van der Waals surface area contributed by atoms with Crippen LogP contribution < -0.4 is 9.46 Å². The van der Waals surface area contributed by atoms with Crippen molar-refractivity contribution in [2.45, 2.75) is 56.2 Å². The zero-order chi connectivity index (χ0) is 23.1. The highest BCUT2D eigenvalue weighted by molar-refractivity contribution is 7.88. The zero-order valence-electron chi connectivity index (χ0n) is 18.7. The largest absolute Gasteiger partial charge is 0.490 e. The van der Waals surface area contributed by atoms with Crippen molar-refractivity contribution >= 4 is 15.9 Å². The second kappa shape index (κ2) is 11.1. The first kappa shape index (κ1) is 24.5. The number of rotatable bonds is 10. The van der Waals surface area contributed by atoms with E-state index in [0.29, 0.717) is 32.1 Å². The molecule has 4 atom stereocenters. The Kier molecular flexibility index (Phi) is 8.51. The van der Waals surface area contributed by atoms with Crippen molar-refractivity contribution in [3.63, 3.8) is 0 Å². The minimum atomic E-state index is -3.39. The van der Waals surface area contributed by atoms with Crippen LogP contribution in [0.4, 0.5) is 0 Å². The molecule has 3 rings (SSSR count). The number of benzene rings is 1. The molecule has 0 aromatic heterocycles. The van der Waals surface area contributed by atoms with Gasteiger partial charge in [-0.1, -0.05) is 31.4 Å². The highest BCUT2D eigenvalue weighted by atomic mass is 32.2. The molecule has 176 valence electrons. The quantitative estimate of drug-likeness (QED) is 0.427. The summed E-state index contributed by atoms with van der Waals surface area (Å²) in [4.78, 5) is 14.1. The predicted octanol–water partition coefficient (Wildman–Crippen LogP) is 3.00. The standard InChI is InChI=1S/C24H34N2O5S/c1-4-14-30-20-9-6-8-18(15-20)19-11-12-21(16-19)31-17-23-22(25-32(3,28)29)10-7-13-26(23)24(27)5-2/h4-6,8-9,15,19,21-23,25H,1-2,7,10-14,16-17H2,3H3/t19-,21?,22-,23?/m0/s1. The number of carbonyl (C=O) groups is 1. The van der Waals surface area contributed by atoms with Crippen LogP contribution in [-0.2, 0) is 19.6 Å². The highest BCUT2D eigenvalue weighted by Crippen LogP contribution is 2.37. The summed E-state index contributed by atoms with van der Waals surface area (Å²) in [5.74, 6) is 1.02. The fraction of sp³-hybridized carbons (Fsp3) is 0.542. The summed E-state index contributed by atoms with van der Waals surface area (Å²) in [5, 5.41) is 0. The lowest BCUT2D eigenvalue weighted by atomic mass is 9.97. The molecule has 2 fully saturated rings. The first-order valence-corrected chi connectivity index (χ1v) is 13.1. The summed E-state index contributed by atoms with van der Waals surface area (Å²) in [7, 11) is -3.39. The molecule has 1 aromatic rings. The number of hydrogen-bond acceptors (Lipinski definition) is 5. The summed E-state index contributed by atoms with van der Waals surface area (Å²) in [5.41, 5.74) is 1.23. The van der Waals surface area contributed by atoms with Crippen molar-refractivity contribution in [1.82, 2.24) is 9.62 Å². The maximum Gasteiger partial charge on any atom is 0.246 e. The molecule has 1 amide bonds. The highest BCUT2D eigenvalue weighted by Gasteiger charge is 2.36. The fourth-order valence-electron chi connectivity index (χ4n) is 4.71. The number of likely N-dealkylation sites (tertiary alicyclic amines) is 1. The molecule has 1 aromatic carbocycles. The number of amides is 1. The first-order valence-electron chi connectivity index (χ1n) is 11.2. The van der Waals surface area contributed by atoms with Crippen molar-refractivity contribution in [2.24, 2.45) is 0 Å². The van der Waals surface area contributed by atoms with Crippen LogP contribution in [-0.4, -0.2) is 63.4 Å². The summed E-state index contributed by atoms with van der Waals surface area (Å²) in [6.07, 6.45) is 8.46. The van der Waals surface area contributed by atoms with Crippen LogP contribution in [0.1, 0.15) is 43.6 Å². The number of nitrogens with zero attached hydrogens (tertiary/aromatic N) is 1. The SMILES string of the molecule is C=CCOc1cccc([C@H]2CCC(OCC3[C@@H](NS(C)(=O)=O)CCCN3C(=O)C=C)C2)c1. The molecule has 0 radical (unpaired) electrons. The number of hydrogen-bond donors (Lipinski definition) is 1. The summed E-state index contributed by atoms with van der Waals surface area (Å²) >= 11 is 0. The molecule has 2 unspecified atom stereocenters. The number of nitrogens with one attached hydrogen (secondary N) is 1. The second-order valence-corrected chi connectivity index (χ2v) is 10.4. The van der Waals surface area contributed by atoms with Gasteiger partial charge in [0.05, 0.1) is 25.0 Å². The predicted molar refractivity (Wildman–Crippen MR) is 125 cm³/mol. The molecular weight excluding hydrogens is 428 g/mol. The van der Waals surface area contributed by atoms with Crippen LogP contribution in [0.15, 0.2) is 49.6 Å². The first-order chi connectivity index (χ1) is 15.3. The van der Waals surface area contributed by atoms with E-state index in [2.05, 4.69) is 30.0 Å². The molecule has 2 aliphatic rings. The summed E-state index contributed by atoms with van der Waals surface area (Å²) in [6.45, 7) is 8.62. The van der Waals surface area contributed by atoms with Gasteiger partial charge in [0, 0.05) is 12.6 Å². The van der Waals surface area contributed by atoms with Gasteiger partial charge in [-0.3, -0.25) is 4.79 Å². The van der Waals surface area contributed by atoms with Crippen LogP contribution in [0, 0.1) is 0 Å². The molecule has 1 aliphatic heterocycles. The Morgan fingerprint density at radius 1 is 1.28 bits per heavy atom. The van der Waals surface area contributed by atoms with E-state index in [1.807, 2.05) is 12.1 Å². The van der Waals surface area contributed by atoms with E-state index in [1.165, 1.54) is 11.6 Å². The third kappa shape index (κ3) is 6.67. The number of sulfonamides is 1. The maximum absolute atomic E-state index is 12.4. The van der Waals surface area contributed by atoms with Crippen LogP contribution in [0.3, 0.4) is 0 Å². The van der Waals surface area contributed by atoms with Gasteiger partial charge in [-0.25, -0.2) is 13.1 Å². The fourth-order valence-corrected chi connectivity index (χ4v) is 5.53. The Balaban J connectivity index is 1.62. The Hall–Kier alpha value is -2.16. The monoisotopic (exact) mass is 462 g/mol. The van der Waals surface area contributed by atoms with Crippen LogP contribution in [0.2, 0.25) is 0 Å². The molecule has 1 N–H and O–H groups in total. The topological polar surface area (TPSA) is 84.9 Å². The normalized spacial score (nSPS) is 26.0. The third-order valence-corrected chi connectivity index (χ3v) is 6.92. The number of ether oxygens (including phenoxy) is 2. The molecule has 0 bridgehead atoms. The van der Waals surface area contributed by atoms with Crippen molar-refractivity contribution in [3.8, 4) is 5.75 Å². The van der Waals surface area contributed by atoms with Crippen molar-refractivity contribution < 1.29 is 22.7 Å². The van der Waals surface area contributed by atoms with Gasteiger partial charge < -0.3 is 14.4 Å². The summed E-state index contributed by atoms with van der Waals surface area (Å²) in [6, 6.07) is 7.43. The molecule has 1 heterocycles. The van der Waals surface area contributed by atoms with E-state index in [4.69, 9.17) is 9.47 Å². The average Bonchev–Trinajstić information content (AvgIpc) is 3.24. The molecule has 1 saturated heterocycles. The van der Waals surface area contributed by atoms with Gasteiger partial charge in [-0.2, -0.15) is 0 Å². The van der Waals surface area contributed by atoms with Gasteiger partial charge >= 0.3 is 0 Å². The zero-order valence-corrected chi connectivity index (χ0v) is 19.6. The van der Waals surface area contributed by atoms with E-state index < -0.39 is 10.0 Å². The van der Waals surface area contributed by atoms with E-state index in [-0.39, 0.29) is 24.1 Å². The molecule has 7 nitrogen and oxygen atoms in total. The van der Waals surface area contributed by atoms with E-state index >= 15 is 0 Å².